The van der Waals surface area contributed by atoms with E-state index in [1.54, 1.807) is 0 Å². The highest BCUT2D eigenvalue weighted by molar-refractivity contribution is 7.99. The van der Waals surface area contributed by atoms with Gasteiger partial charge in [-0.2, -0.15) is 0 Å². The first-order valence-electron chi connectivity index (χ1n) is 6.84. The predicted molar refractivity (Wildman–Crippen MR) is 87.6 cm³/mol. The van der Waals surface area contributed by atoms with Gasteiger partial charge in [0.1, 0.15) is 5.75 Å². The largest absolute Gasteiger partial charge is 0.494 e. The van der Waals surface area contributed by atoms with Crippen molar-refractivity contribution in [1.29, 1.82) is 0 Å². The van der Waals surface area contributed by atoms with Crippen molar-refractivity contribution in [2.24, 2.45) is 0 Å². The highest BCUT2D eigenvalue weighted by Gasteiger charge is 2.01. The van der Waals surface area contributed by atoms with E-state index in [1.165, 1.54) is 16.0 Å². The lowest BCUT2D eigenvalue weighted by molar-refractivity contribution is 0.318. The lowest BCUT2D eigenvalue weighted by Crippen LogP contribution is -1.99. The fourth-order valence-corrected chi connectivity index (χ4v) is 2.92. The molecule has 0 radical (unpaired) electrons. The fourth-order valence-electron chi connectivity index (χ4n) is 1.92. The average molecular weight is 287 g/mol. The lowest BCUT2D eigenvalue weighted by Gasteiger charge is -2.09. The number of thioether (sulfide) groups is 1. The van der Waals surface area contributed by atoms with Gasteiger partial charge < -0.3 is 10.5 Å². The maximum Gasteiger partial charge on any atom is 0.119 e. The smallest absolute Gasteiger partial charge is 0.119 e. The molecule has 0 amide bonds. The van der Waals surface area contributed by atoms with Crippen LogP contribution in [0.4, 0.5) is 5.69 Å². The average Bonchev–Trinajstić information content (AvgIpc) is 2.43. The van der Waals surface area contributed by atoms with E-state index in [4.69, 9.17) is 10.5 Å². The molecule has 2 rings (SSSR count). The number of ether oxygens (including phenoxy) is 1. The molecule has 0 aromatic heterocycles. The minimum absolute atomic E-state index is 0.748. The first-order chi connectivity index (χ1) is 9.66. The Morgan fingerprint density at radius 3 is 2.70 bits per heavy atom. The van der Waals surface area contributed by atoms with E-state index < -0.39 is 0 Å². The molecule has 0 spiro atoms. The van der Waals surface area contributed by atoms with Gasteiger partial charge in [-0.1, -0.05) is 18.2 Å². The van der Waals surface area contributed by atoms with E-state index in [0.29, 0.717) is 0 Å². The summed E-state index contributed by atoms with van der Waals surface area (Å²) >= 11 is 1.84. The van der Waals surface area contributed by atoms with Crippen LogP contribution in [0.5, 0.6) is 5.75 Å². The van der Waals surface area contributed by atoms with Gasteiger partial charge in [0.15, 0.2) is 0 Å². The second kappa shape index (κ2) is 7.25. The van der Waals surface area contributed by atoms with Crippen LogP contribution in [0.3, 0.4) is 0 Å². The number of nitrogen functional groups attached to an aromatic ring is 1. The third kappa shape index (κ3) is 4.20. The van der Waals surface area contributed by atoms with E-state index in [9.17, 15) is 0 Å². The summed E-state index contributed by atoms with van der Waals surface area (Å²) in [4.78, 5) is 1.26. The molecule has 0 aliphatic heterocycles. The van der Waals surface area contributed by atoms with Crippen molar-refractivity contribution >= 4 is 17.4 Å². The Morgan fingerprint density at radius 1 is 1.10 bits per heavy atom. The van der Waals surface area contributed by atoms with Crippen LogP contribution in [-0.4, -0.2) is 12.4 Å². The van der Waals surface area contributed by atoms with Gasteiger partial charge in [-0.25, -0.2) is 0 Å². The maximum absolute atomic E-state index is 5.90. The van der Waals surface area contributed by atoms with E-state index in [1.807, 2.05) is 36.0 Å². The van der Waals surface area contributed by atoms with E-state index in [-0.39, 0.29) is 0 Å². The summed E-state index contributed by atoms with van der Waals surface area (Å²) in [5.41, 5.74) is 9.18. The standard InChI is InChI=1S/C17H21NOS/c1-13-6-3-7-15(12-13)19-10-5-11-20-17-9-4-8-16(18)14(17)2/h3-4,6-9,12H,5,10-11,18H2,1-2H3. The Balaban J connectivity index is 1.73. The van der Waals surface area contributed by atoms with Crippen LogP contribution in [-0.2, 0) is 0 Å². The Hall–Kier alpha value is -1.61. The maximum atomic E-state index is 5.90. The number of hydrogen-bond acceptors (Lipinski definition) is 3. The second-order valence-electron chi connectivity index (χ2n) is 4.84. The minimum Gasteiger partial charge on any atom is -0.494 e. The zero-order valence-corrected chi connectivity index (χ0v) is 12.9. The van der Waals surface area contributed by atoms with Crippen molar-refractivity contribution in [2.75, 3.05) is 18.1 Å². The Kier molecular flexibility index (Phi) is 5.36. The SMILES string of the molecule is Cc1cccc(OCCCSc2cccc(N)c2C)c1. The summed E-state index contributed by atoms with van der Waals surface area (Å²) < 4.78 is 5.74. The number of rotatable bonds is 6. The minimum atomic E-state index is 0.748. The number of hydrogen-bond donors (Lipinski definition) is 1. The highest BCUT2D eigenvalue weighted by atomic mass is 32.2. The molecule has 0 bridgehead atoms. The van der Waals surface area contributed by atoms with Crippen LogP contribution in [0.1, 0.15) is 17.5 Å². The molecule has 20 heavy (non-hydrogen) atoms. The summed E-state index contributed by atoms with van der Waals surface area (Å²) in [6, 6.07) is 14.2. The molecule has 2 nitrogen and oxygen atoms in total. The third-order valence-corrected chi connectivity index (χ3v) is 4.38. The van der Waals surface area contributed by atoms with Crippen LogP contribution >= 0.6 is 11.8 Å². The van der Waals surface area contributed by atoms with Crippen LogP contribution in [0, 0.1) is 13.8 Å². The molecule has 0 heterocycles. The van der Waals surface area contributed by atoms with Crippen molar-refractivity contribution in [2.45, 2.75) is 25.2 Å². The van der Waals surface area contributed by atoms with Gasteiger partial charge in [0, 0.05) is 16.3 Å². The molecule has 0 aliphatic carbocycles. The predicted octanol–water partition coefficient (Wildman–Crippen LogP) is 4.45. The molecule has 0 atom stereocenters. The van der Waals surface area contributed by atoms with Crippen molar-refractivity contribution in [3.05, 3.63) is 53.6 Å². The van der Waals surface area contributed by atoms with Gasteiger partial charge in [0.05, 0.1) is 6.61 Å². The molecule has 2 aromatic rings. The number of aryl methyl sites for hydroxylation is 1. The summed E-state index contributed by atoms with van der Waals surface area (Å²) in [6.07, 6.45) is 1.02. The molecule has 2 N–H and O–H groups in total. The van der Waals surface area contributed by atoms with Gasteiger partial charge >= 0.3 is 0 Å². The van der Waals surface area contributed by atoms with Gasteiger partial charge in [-0.15, -0.1) is 11.8 Å². The molecule has 0 saturated carbocycles. The lowest BCUT2D eigenvalue weighted by atomic mass is 10.2. The summed E-state index contributed by atoms with van der Waals surface area (Å²) in [5, 5.41) is 0. The summed E-state index contributed by atoms with van der Waals surface area (Å²) in [7, 11) is 0. The highest BCUT2D eigenvalue weighted by Crippen LogP contribution is 2.26. The first kappa shape index (κ1) is 14.8. The van der Waals surface area contributed by atoms with Gasteiger partial charge in [0.2, 0.25) is 0 Å². The molecule has 0 saturated heterocycles. The van der Waals surface area contributed by atoms with Crippen molar-refractivity contribution in [3.63, 3.8) is 0 Å². The number of anilines is 1. The molecule has 0 aliphatic rings. The summed E-state index contributed by atoms with van der Waals surface area (Å²) in [5.74, 6) is 1.99. The molecule has 106 valence electrons. The number of benzene rings is 2. The van der Waals surface area contributed by atoms with Crippen LogP contribution in [0.15, 0.2) is 47.4 Å². The van der Waals surface area contributed by atoms with Crippen molar-refractivity contribution in [3.8, 4) is 5.75 Å². The van der Waals surface area contributed by atoms with Crippen molar-refractivity contribution < 1.29 is 4.74 Å². The monoisotopic (exact) mass is 287 g/mol. The summed E-state index contributed by atoms with van der Waals surface area (Å²) in [6.45, 7) is 4.89. The molecule has 0 fully saturated rings. The van der Waals surface area contributed by atoms with E-state index in [2.05, 4.69) is 32.0 Å². The zero-order valence-electron chi connectivity index (χ0n) is 12.1. The first-order valence-corrected chi connectivity index (χ1v) is 7.83. The fraction of sp³-hybridized carbons (Fsp3) is 0.294. The quantitative estimate of drug-likeness (QED) is 0.484. The third-order valence-electron chi connectivity index (χ3n) is 3.13. The van der Waals surface area contributed by atoms with E-state index in [0.717, 1.165) is 30.2 Å². The molecule has 3 heteroatoms. The van der Waals surface area contributed by atoms with Crippen LogP contribution in [0.25, 0.3) is 0 Å². The van der Waals surface area contributed by atoms with Gasteiger partial charge in [-0.3, -0.25) is 0 Å². The van der Waals surface area contributed by atoms with Crippen LogP contribution in [0.2, 0.25) is 0 Å². The topological polar surface area (TPSA) is 35.2 Å². The Morgan fingerprint density at radius 2 is 1.90 bits per heavy atom. The molecular weight excluding hydrogens is 266 g/mol. The second-order valence-corrected chi connectivity index (χ2v) is 5.97. The van der Waals surface area contributed by atoms with Crippen molar-refractivity contribution in [1.82, 2.24) is 0 Å². The Labute approximate surface area is 125 Å². The number of nitrogens with two attached hydrogens (primary N) is 1. The van der Waals surface area contributed by atoms with Gasteiger partial charge in [0.25, 0.3) is 0 Å². The molecule has 2 aromatic carbocycles. The van der Waals surface area contributed by atoms with E-state index >= 15 is 0 Å². The van der Waals surface area contributed by atoms with Gasteiger partial charge in [-0.05, 0) is 55.7 Å². The zero-order chi connectivity index (χ0) is 14.4. The van der Waals surface area contributed by atoms with Crippen LogP contribution < -0.4 is 10.5 Å². The molecule has 0 unspecified atom stereocenters. The Bertz CT molecular complexity index is 569. The normalized spacial score (nSPS) is 10.5. The molecular formula is C17H21NOS.